The van der Waals surface area contributed by atoms with E-state index in [1.807, 2.05) is 18.2 Å². The van der Waals surface area contributed by atoms with Crippen LogP contribution >= 0.6 is 15.9 Å². The number of likely N-dealkylation sites (N-methyl/N-ethyl adjacent to an activating group) is 1. The Kier molecular flexibility index (Phi) is 4.96. The second kappa shape index (κ2) is 6.24. The average molecular weight is 301 g/mol. The van der Waals surface area contributed by atoms with Gasteiger partial charge in [0.15, 0.2) is 0 Å². The fourth-order valence-electron chi connectivity index (χ4n) is 1.19. The maximum absolute atomic E-state index is 11.6. The van der Waals surface area contributed by atoms with Gasteiger partial charge in [0.1, 0.15) is 6.54 Å². The molecule has 0 radical (unpaired) electrons. The average Bonchev–Trinajstić information content (AvgIpc) is 2.31. The first-order valence-corrected chi connectivity index (χ1v) is 5.67. The van der Waals surface area contributed by atoms with Gasteiger partial charge in [-0.3, -0.25) is 4.79 Å². The number of carbonyl (C=O) groups is 2. The smallest absolute Gasteiger partial charge is 0.409 e. The number of rotatable bonds is 3. The summed E-state index contributed by atoms with van der Waals surface area (Å²) in [5, 5.41) is 2.68. The van der Waals surface area contributed by atoms with Gasteiger partial charge in [0, 0.05) is 11.5 Å². The standard InChI is InChI=1S/C11H13BrN2O3/c1-14(11(16)17-2)7-10(15)13-9-6-4-3-5-8(9)12/h3-6H,7H2,1-2H3,(H,13,15). The Labute approximate surface area is 108 Å². The van der Waals surface area contributed by atoms with Crippen LogP contribution in [-0.4, -0.2) is 37.6 Å². The highest BCUT2D eigenvalue weighted by molar-refractivity contribution is 9.10. The van der Waals surface area contributed by atoms with E-state index in [4.69, 9.17) is 0 Å². The van der Waals surface area contributed by atoms with Crippen molar-refractivity contribution in [3.8, 4) is 0 Å². The summed E-state index contributed by atoms with van der Waals surface area (Å²) < 4.78 is 5.27. The number of halogens is 1. The van der Waals surface area contributed by atoms with Crippen molar-refractivity contribution in [2.75, 3.05) is 26.0 Å². The molecule has 0 aliphatic carbocycles. The summed E-state index contributed by atoms with van der Waals surface area (Å²) in [5.41, 5.74) is 0.663. The lowest BCUT2D eigenvalue weighted by atomic mass is 10.3. The predicted octanol–water partition coefficient (Wildman–Crippen LogP) is 2.09. The molecule has 92 valence electrons. The molecule has 2 amide bonds. The van der Waals surface area contributed by atoms with Crippen molar-refractivity contribution in [1.82, 2.24) is 4.90 Å². The van der Waals surface area contributed by atoms with Crippen molar-refractivity contribution in [2.24, 2.45) is 0 Å². The second-order valence-electron chi connectivity index (χ2n) is 3.35. The normalized spacial score (nSPS) is 9.59. The van der Waals surface area contributed by atoms with Gasteiger partial charge in [-0.15, -0.1) is 0 Å². The van der Waals surface area contributed by atoms with Crippen molar-refractivity contribution in [1.29, 1.82) is 0 Å². The largest absolute Gasteiger partial charge is 0.453 e. The van der Waals surface area contributed by atoms with E-state index < -0.39 is 6.09 Å². The van der Waals surface area contributed by atoms with Crippen LogP contribution in [0.2, 0.25) is 0 Å². The molecule has 0 aliphatic rings. The molecule has 17 heavy (non-hydrogen) atoms. The van der Waals surface area contributed by atoms with E-state index in [0.717, 1.165) is 4.47 Å². The van der Waals surface area contributed by atoms with E-state index in [1.165, 1.54) is 19.1 Å². The van der Waals surface area contributed by atoms with Crippen molar-refractivity contribution in [3.63, 3.8) is 0 Å². The minimum Gasteiger partial charge on any atom is -0.453 e. The van der Waals surface area contributed by atoms with Crippen molar-refractivity contribution in [2.45, 2.75) is 0 Å². The maximum Gasteiger partial charge on any atom is 0.409 e. The Morgan fingerprint density at radius 1 is 1.41 bits per heavy atom. The van der Waals surface area contributed by atoms with E-state index >= 15 is 0 Å². The van der Waals surface area contributed by atoms with E-state index in [1.54, 1.807) is 6.07 Å². The first-order chi connectivity index (χ1) is 8.04. The molecule has 6 heteroatoms. The molecule has 0 saturated carbocycles. The molecule has 0 unspecified atom stereocenters. The van der Waals surface area contributed by atoms with Gasteiger partial charge < -0.3 is 15.0 Å². The van der Waals surface area contributed by atoms with Crippen LogP contribution in [0, 0.1) is 0 Å². The Hall–Kier alpha value is -1.56. The molecule has 0 aliphatic heterocycles. The zero-order valence-corrected chi connectivity index (χ0v) is 11.2. The van der Waals surface area contributed by atoms with Gasteiger partial charge in [0.05, 0.1) is 12.8 Å². The Balaban J connectivity index is 2.56. The molecule has 1 aromatic rings. The van der Waals surface area contributed by atoms with Crippen LogP contribution in [0.4, 0.5) is 10.5 Å². The molecule has 1 rings (SSSR count). The first kappa shape index (κ1) is 13.5. The number of ether oxygens (including phenoxy) is 1. The highest BCUT2D eigenvalue weighted by atomic mass is 79.9. The van der Waals surface area contributed by atoms with Crippen LogP contribution in [0.1, 0.15) is 0 Å². The summed E-state index contributed by atoms with van der Waals surface area (Å²) >= 11 is 3.31. The molecule has 0 heterocycles. The van der Waals surface area contributed by atoms with Gasteiger partial charge >= 0.3 is 6.09 Å². The van der Waals surface area contributed by atoms with Gasteiger partial charge in [0.25, 0.3) is 0 Å². The number of nitrogens with zero attached hydrogens (tertiary/aromatic N) is 1. The highest BCUT2D eigenvalue weighted by Crippen LogP contribution is 2.20. The third-order valence-electron chi connectivity index (χ3n) is 2.02. The molecule has 1 N–H and O–H groups in total. The number of carbonyl (C=O) groups excluding carboxylic acids is 2. The molecule has 0 aromatic heterocycles. The Bertz CT molecular complexity index is 423. The molecule has 0 bridgehead atoms. The van der Waals surface area contributed by atoms with E-state index in [-0.39, 0.29) is 12.5 Å². The predicted molar refractivity (Wildman–Crippen MR) is 67.8 cm³/mol. The van der Waals surface area contributed by atoms with Crippen LogP contribution in [0.5, 0.6) is 0 Å². The minimum absolute atomic E-state index is 0.0615. The molecular formula is C11H13BrN2O3. The number of para-hydroxylation sites is 1. The fourth-order valence-corrected chi connectivity index (χ4v) is 1.57. The minimum atomic E-state index is -0.549. The summed E-state index contributed by atoms with van der Waals surface area (Å²) in [4.78, 5) is 23.9. The quantitative estimate of drug-likeness (QED) is 0.930. The third kappa shape index (κ3) is 4.07. The van der Waals surface area contributed by atoms with E-state index in [2.05, 4.69) is 26.0 Å². The van der Waals surface area contributed by atoms with Gasteiger partial charge in [-0.1, -0.05) is 12.1 Å². The second-order valence-corrected chi connectivity index (χ2v) is 4.21. The number of hydrogen-bond donors (Lipinski definition) is 1. The molecule has 0 spiro atoms. The first-order valence-electron chi connectivity index (χ1n) is 4.88. The van der Waals surface area contributed by atoms with Gasteiger partial charge in [0.2, 0.25) is 5.91 Å². The van der Waals surface area contributed by atoms with Gasteiger partial charge in [-0.2, -0.15) is 0 Å². The molecule has 0 fully saturated rings. The number of amides is 2. The van der Waals surface area contributed by atoms with Crippen LogP contribution in [0.3, 0.4) is 0 Å². The van der Waals surface area contributed by atoms with Gasteiger partial charge in [-0.25, -0.2) is 4.79 Å². The van der Waals surface area contributed by atoms with Crippen molar-refractivity contribution in [3.05, 3.63) is 28.7 Å². The van der Waals surface area contributed by atoms with Crippen molar-refractivity contribution >= 4 is 33.6 Å². The summed E-state index contributed by atoms with van der Waals surface area (Å²) in [6, 6.07) is 7.24. The number of anilines is 1. The topological polar surface area (TPSA) is 58.6 Å². The van der Waals surface area contributed by atoms with Gasteiger partial charge in [-0.05, 0) is 28.1 Å². The number of nitrogens with one attached hydrogen (secondary N) is 1. The number of methoxy groups -OCH3 is 1. The summed E-state index contributed by atoms with van der Waals surface area (Å²) in [5.74, 6) is -0.287. The fraction of sp³-hybridized carbons (Fsp3) is 0.273. The maximum atomic E-state index is 11.6. The molecule has 5 nitrogen and oxygen atoms in total. The molecule has 1 aromatic carbocycles. The Morgan fingerprint density at radius 2 is 2.06 bits per heavy atom. The SMILES string of the molecule is COC(=O)N(C)CC(=O)Nc1ccccc1Br. The number of hydrogen-bond acceptors (Lipinski definition) is 3. The lowest BCUT2D eigenvalue weighted by molar-refractivity contribution is -0.116. The van der Waals surface area contributed by atoms with Crippen LogP contribution < -0.4 is 5.32 Å². The van der Waals surface area contributed by atoms with E-state index in [0.29, 0.717) is 5.69 Å². The molecular weight excluding hydrogens is 288 g/mol. The van der Waals surface area contributed by atoms with Crippen LogP contribution in [0.15, 0.2) is 28.7 Å². The Morgan fingerprint density at radius 3 is 2.65 bits per heavy atom. The van der Waals surface area contributed by atoms with Crippen molar-refractivity contribution < 1.29 is 14.3 Å². The molecule has 0 atom stereocenters. The zero-order valence-electron chi connectivity index (χ0n) is 9.57. The highest BCUT2D eigenvalue weighted by Gasteiger charge is 2.13. The summed E-state index contributed by atoms with van der Waals surface area (Å²) in [7, 11) is 2.76. The third-order valence-corrected chi connectivity index (χ3v) is 2.71. The molecule has 0 saturated heterocycles. The summed E-state index contributed by atoms with van der Waals surface area (Å²) in [6.45, 7) is -0.0615. The monoisotopic (exact) mass is 300 g/mol. The van der Waals surface area contributed by atoms with Crippen LogP contribution in [0.25, 0.3) is 0 Å². The zero-order chi connectivity index (χ0) is 12.8. The van der Waals surface area contributed by atoms with Crippen LogP contribution in [-0.2, 0) is 9.53 Å². The lowest BCUT2D eigenvalue weighted by Crippen LogP contribution is -2.34. The number of benzene rings is 1. The lowest BCUT2D eigenvalue weighted by Gasteiger charge is -2.15. The van der Waals surface area contributed by atoms with E-state index in [9.17, 15) is 9.59 Å². The summed E-state index contributed by atoms with van der Waals surface area (Å²) in [6.07, 6.45) is -0.549.